The van der Waals surface area contributed by atoms with Crippen molar-refractivity contribution in [2.24, 2.45) is 0 Å². The Bertz CT molecular complexity index is 669. The molecular formula is C27H42O4S. The summed E-state index contributed by atoms with van der Waals surface area (Å²) in [4.78, 5) is 12.1. The first-order valence-corrected chi connectivity index (χ1v) is 13.4. The maximum atomic E-state index is 12.7. The van der Waals surface area contributed by atoms with Gasteiger partial charge in [0, 0.05) is 11.2 Å². The smallest absolute Gasteiger partial charge is 0.360 e. The molecule has 0 aliphatic carbocycles. The van der Waals surface area contributed by atoms with E-state index in [1.54, 1.807) is 24.3 Å². The Morgan fingerprint density at radius 3 is 2.09 bits per heavy atom. The number of unbranched alkanes of at least 4 members (excludes halogenated alkanes) is 8. The normalized spacial score (nSPS) is 14.8. The van der Waals surface area contributed by atoms with Crippen LogP contribution >= 0.6 is 0 Å². The lowest BCUT2D eigenvalue weighted by molar-refractivity contribution is -0.138. The number of aliphatic hydroxyl groups excluding tert-OH is 1. The van der Waals surface area contributed by atoms with Crippen LogP contribution in [0.4, 0.5) is 0 Å². The highest BCUT2D eigenvalue weighted by atomic mass is 32.2. The van der Waals surface area contributed by atoms with E-state index in [9.17, 15) is 19.6 Å². The summed E-state index contributed by atoms with van der Waals surface area (Å²) < 4.78 is 12.7. The highest BCUT2D eigenvalue weighted by molar-refractivity contribution is 7.92. The molecule has 0 heterocycles. The summed E-state index contributed by atoms with van der Waals surface area (Å²) in [5.74, 6) is -1.21. The summed E-state index contributed by atoms with van der Waals surface area (Å²) in [6, 6.07) is 6.96. The first kappa shape index (κ1) is 28.5. The number of carboxylic acids is 1. The number of aliphatic carboxylic acids is 1. The van der Waals surface area contributed by atoms with Crippen molar-refractivity contribution >= 4 is 17.1 Å². The van der Waals surface area contributed by atoms with Crippen LogP contribution in [-0.2, 0) is 16.0 Å². The van der Waals surface area contributed by atoms with Gasteiger partial charge in [-0.1, -0.05) is 87.4 Å². The molecule has 2 N–H and O–H groups in total. The Hall–Kier alpha value is -1.56. The Morgan fingerprint density at radius 2 is 1.50 bits per heavy atom. The zero-order chi connectivity index (χ0) is 23.6. The van der Waals surface area contributed by atoms with Crippen molar-refractivity contribution in [3.63, 3.8) is 0 Å². The molecule has 0 fully saturated rings. The van der Waals surface area contributed by atoms with Gasteiger partial charge >= 0.3 is 5.97 Å². The van der Waals surface area contributed by atoms with Crippen LogP contribution < -0.4 is 0 Å². The molecule has 0 amide bonds. The molecule has 3 atom stereocenters. The molecule has 1 aromatic carbocycles. The first-order chi connectivity index (χ1) is 15.5. The van der Waals surface area contributed by atoms with E-state index in [4.69, 9.17) is 0 Å². The minimum Gasteiger partial charge on any atom is -0.611 e. The lowest BCUT2D eigenvalue weighted by atomic mass is 10.0. The van der Waals surface area contributed by atoms with Gasteiger partial charge < -0.3 is 14.8 Å². The molecule has 4 nitrogen and oxygen atoms in total. The van der Waals surface area contributed by atoms with Crippen molar-refractivity contribution in [3.05, 3.63) is 54.1 Å². The van der Waals surface area contributed by atoms with E-state index in [0.717, 1.165) is 50.5 Å². The predicted octanol–water partition coefficient (Wildman–Crippen LogP) is 6.73. The number of hydrogen-bond acceptors (Lipinski definition) is 3. The Labute approximate surface area is 198 Å². The number of aryl methyl sites for hydroxylation is 1. The predicted molar refractivity (Wildman–Crippen MR) is 134 cm³/mol. The summed E-state index contributed by atoms with van der Waals surface area (Å²) in [5.41, 5.74) is 1.02. The summed E-state index contributed by atoms with van der Waals surface area (Å²) in [7, 11) is 0. The monoisotopic (exact) mass is 462 g/mol. The number of hydrogen-bond donors (Lipinski definition) is 2. The van der Waals surface area contributed by atoms with Crippen LogP contribution in [0.3, 0.4) is 0 Å². The SMILES string of the molecule is CCCCC/C=C/C/C=C\CCCCCCC[C@@H](O)C(C(=O)O)[S+]([O-])c1ccc(C)cc1. The van der Waals surface area contributed by atoms with Crippen molar-refractivity contribution < 1.29 is 19.6 Å². The van der Waals surface area contributed by atoms with Gasteiger partial charge in [-0.25, -0.2) is 4.79 Å². The van der Waals surface area contributed by atoms with Crippen molar-refractivity contribution in [3.8, 4) is 0 Å². The standard InChI is InChI=1S/C27H42O4S/c1-3-4-5-6-7-8-9-10-11-12-13-14-15-16-17-18-25(28)26(27(29)30)32(31)24-21-19-23(2)20-22-24/h7-8,10-11,19-22,25-26,28H,3-6,9,12-18H2,1-2H3,(H,29,30)/b8-7+,11-10-/t25-,26?,32?/m1/s1. The first-order valence-electron chi connectivity index (χ1n) is 12.2. The minimum absolute atomic E-state index is 0.360. The van der Waals surface area contributed by atoms with Gasteiger partial charge in [0.05, 0.1) is 0 Å². The number of allylic oxidation sites excluding steroid dienone is 4. The largest absolute Gasteiger partial charge is 0.611 e. The van der Waals surface area contributed by atoms with Gasteiger partial charge in [-0.15, -0.1) is 0 Å². The Kier molecular flexibility index (Phi) is 16.0. The van der Waals surface area contributed by atoms with Gasteiger partial charge in [-0.05, 0) is 57.6 Å². The average molecular weight is 463 g/mol. The molecule has 1 aromatic rings. The molecule has 0 aromatic heterocycles. The van der Waals surface area contributed by atoms with Gasteiger partial charge in [0.25, 0.3) is 0 Å². The van der Waals surface area contributed by atoms with Crippen LogP contribution in [0.15, 0.2) is 53.5 Å². The van der Waals surface area contributed by atoms with E-state index in [2.05, 4.69) is 31.2 Å². The van der Waals surface area contributed by atoms with E-state index in [1.807, 2.05) is 6.92 Å². The lowest BCUT2D eigenvalue weighted by Gasteiger charge is -2.22. The second kappa shape index (κ2) is 17.9. The summed E-state index contributed by atoms with van der Waals surface area (Å²) in [5, 5.41) is 18.6. The highest BCUT2D eigenvalue weighted by Gasteiger charge is 2.38. The van der Waals surface area contributed by atoms with Crippen molar-refractivity contribution in [1.29, 1.82) is 0 Å². The zero-order valence-electron chi connectivity index (χ0n) is 19.9. The van der Waals surface area contributed by atoms with Gasteiger partial charge in [0.2, 0.25) is 5.25 Å². The molecule has 0 bridgehead atoms. The Balaban J connectivity index is 2.17. The fraction of sp³-hybridized carbons (Fsp3) is 0.593. The molecule has 0 aliphatic heterocycles. The van der Waals surface area contributed by atoms with Crippen LogP contribution in [0.2, 0.25) is 0 Å². The number of rotatable bonds is 18. The molecule has 5 heteroatoms. The third kappa shape index (κ3) is 12.5. The number of aliphatic hydroxyl groups is 1. The third-order valence-electron chi connectivity index (χ3n) is 5.53. The van der Waals surface area contributed by atoms with Gasteiger partial charge in [-0.2, -0.15) is 0 Å². The summed E-state index contributed by atoms with van der Waals surface area (Å²) in [6.07, 6.45) is 20.4. The van der Waals surface area contributed by atoms with Gasteiger partial charge in [0.15, 0.2) is 4.90 Å². The van der Waals surface area contributed by atoms with E-state index >= 15 is 0 Å². The number of carbonyl (C=O) groups is 1. The molecule has 0 spiro atoms. The molecule has 32 heavy (non-hydrogen) atoms. The summed E-state index contributed by atoms with van der Waals surface area (Å²) in [6.45, 7) is 4.14. The van der Waals surface area contributed by atoms with E-state index in [0.29, 0.717) is 11.3 Å². The molecule has 0 radical (unpaired) electrons. The molecule has 1 rings (SSSR count). The number of benzene rings is 1. The van der Waals surface area contributed by atoms with Crippen LogP contribution in [-0.4, -0.2) is 32.1 Å². The molecule has 0 saturated carbocycles. The van der Waals surface area contributed by atoms with Crippen LogP contribution in [0.5, 0.6) is 0 Å². The maximum absolute atomic E-state index is 12.7. The van der Waals surface area contributed by atoms with Crippen molar-refractivity contribution in [1.82, 2.24) is 0 Å². The van der Waals surface area contributed by atoms with Crippen LogP contribution in [0.1, 0.15) is 89.5 Å². The Morgan fingerprint density at radius 1 is 0.938 bits per heavy atom. The number of carboxylic acid groups (broad SMARTS) is 1. The van der Waals surface area contributed by atoms with E-state index in [1.165, 1.54) is 25.7 Å². The third-order valence-corrected chi connectivity index (χ3v) is 7.24. The van der Waals surface area contributed by atoms with Gasteiger partial charge in [-0.3, -0.25) is 0 Å². The average Bonchev–Trinajstić information content (AvgIpc) is 2.76. The lowest BCUT2D eigenvalue weighted by Crippen LogP contribution is -2.41. The van der Waals surface area contributed by atoms with Crippen molar-refractivity contribution in [2.75, 3.05) is 0 Å². The van der Waals surface area contributed by atoms with E-state index < -0.39 is 28.5 Å². The molecule has 0 saturated heterocycles. The fourth-order valence-electron chi connectivity index (χ4n) is 3.53. The highest BCUT2D eigenvalue weighted by Crippen LogP contribution is 2.22. The zero-order valence-corrected chi connectivity index (χ0v) is 20.7. The minimum atomic E-state index is -1.77. The van der Waals surface area contributed by atoms with Crippen LogP contribution in [0, 0.1) is 6.92 Å². The summed E-state index contributed by atoms with van der Waals surface area (Å²) >= 11 is -1.77. The van der Waals surface area contributed by atoms with E-state index in [-0.39, 0.29) is 0 Å². The second-order valence-electron chi connectivity index (χ2n) is 8.46. The molecular weight excluding hydrogens is 420 g/mol. The van der Waals surface area contributed by atoms with Gasteiger partial charge in [0.1, 0.15) is 6.10 Å². The molecule has 2 unspecified atom stereocenters. The quantitative estimate of drug-likeness (QED) is 0.144. The molecule has 180 valence electrons. The fourth-order valence-corrected chi connectivity index (χ4v) is 4.84. The maximum Gasteiger partial charge on any atom is 0.360 e. The topological polar surface area (TPSA) is 80.6 Å². The van der Waals surface area contributed by atoms with Crippen LogP contribution in [0.25, 0.3) is 0 Å². The second-order valence-corrected chi connectivity index (χ2v) is 10.0. The molecule has 0 aliphatic rings. The van der Waals surface area contributed by atoms with Crippen molar-refractivity contribution in [2.45, 2.75) is 107 Å².